The van der Waals surface area contributed by atoms with Crippen molar-refractivity contribution in [2.75, 3.05) is 31.9 Å². The fourth-order valence-corrected chi connectivity index (χ4v) is 7.66. The lowest BCUT2D eigenvalue weighted by Crippen LogP contribution is -2.60. The van der Waals surface area contributed by atoms with Crippen LogP contribution in [0.25, 0.3) is 0 Å². The van der Waals surface area contributed by atoms with Crippen molar-refractivity contribution in [1.29, 1.82) is 0 Å². The van der Waals surface area contributed by atoms with E-state index in [2.05, 4.69) is 10.6 Å². The maximum atomic E-state index is 12.9. The van der Waals surface area contributed by atoms with Crippen molar-refractivity contribution in [3.8, 4) is 11.5 Å². The van der Waals surface area contributed by atoms with Crippen LogP contribution >= 0.6 is 11.8 Å². The van der Waals surface area contributed by atoms with E-state index in [1.54, 1.807) is 36.4 Å². The minimum atomic E-state index is -0.614. The van der Waals surface area contributed by atoms with Crippen molar-refractivity contribution in [1.82, 2.24) is 5.32 Å². The Morgan fingerprint density at radius 1 is 0.895 bits per heavy atom. The van der Waals surface area contributed by atoms with E-state index in [4.69, 9.17) is 14.2 Å². The Morgan fingerprint density at radius 2 is 1.55 bits per heavy atom. The average Bonchev–Trinajstić information content (AvgIpc) is 2.89. The van der Waals surface area contributed by atoms with E-state index >= 15 is 0 Å². The molecular weight excluding hydrogens is 504 g/mol. The second-order valence-electron chi connectivity index (χ2n) is 10.7. The molecule has 0 aromatic heterocycles. The summed E-state index contributed by atoms with van der Waals surface area (Å²) in [6, 6.07) is 12.0. The first-order valence-corrected chi connectivity index (χ1v) is 14.1. The first-order chi connectivity index (χ1) is 18.4. The number of hydrogen-bond acceptors (Lipinski definition) is 7. The number of ether oxygens (including phenoxy) is 3. The molecule has 0 spiro atoms. The summed E-state index contributed by atoms with van der Waals surface area (Å²) in [5.41, 5.74) is 0.787. The molecule has 202 valence electrons. The first kappa shape index (κ1) is 26.4. The number of rotatable bonds is 10. The van der Waals surface area contributed by atoms with Crippen LogP contribution in [0.3, 0.4) is 0 Å². The van der Waals surface area contributed by atoms with Crippen LogP contribution in [0, 0.1) is 17.8 Å². The summed E-state index contributed by atoms with van der Waals surface area (Å²) >= 11 is 1.32. The number of thioether (sulfide) groups is 1. The third-order valence-corrected chi connectivity index (χ3v) is 8.98. The van der Waals surface area contributed by atoms with Gasteiger partial charge in [0.05, 0.1) is 25.5 Å². The van der Waals surface area contributed by atoms with Crippen LogP contribution in [0.5, 0.6) is 11.5 Å². The van der Waals surface area contributed by atoms with E-state index in [1.807, 2.05) is 6.07 Å². The highest BCUT2D eigenvalue weighted by Gasteiger charge is 2.51. The number of nitrogens with one attached hydrogen (secondary N) is 2. The molecule has 4 fully saturated rings. The molecule has 6 rings (SSSR count). The van der Waals surface area contributed by atoms with Crippen molar-refractivity contribution in [2.24, 2.45) is 17.8 Å². The van der Waals surface area contributed by atoms with Gasteiger partial charge in [0, 0.05) is 22.2 Å². The van der Waals surface area contributed by atoms with Crippen molar-refractivity contribution in [3.63, 3.8) is 0 Å². The number of methoxy groups -OCH3 is 2. The highest BCUT2D eigenvalue weighted by molar-refractivity contribution is 8.00. The zero-order valence-electron chi connectivity index (χ0n) is 21.8. The van der Waals surface area contributed by atoms with E-state index < -0.39 is 18.5 Å². The Labute approximate surface area is 227 Å². The molecule has 2 N–H and O–H groups in total. The third-order valence-electron chi connectivity index (χ3n) is 7.91. The highest BCUT2D eigenvalue weighted by Crippen LogP contribution is 2.55. The van der Waals surface area contributed by atoms with Gasteiger partial charge in [-0.05, 0) is 80.5 Å². The Kier molecular flexibility index (Phi) is 7.83. The molecule has 8 nitrogen and oxygen atoms in total. The molecule has 0 saturated heterocycles. The lowest BCUT2D eigenvalue weighted by Gasteiger charge is -2.56. The SMILES string of the molecule is COc1ccc(NC(=O)COC(=O)c2ccccc2SCC(=O)NC23CC4CC(CC(C4)C2)C3)cc1OC. The van der Waals surface area contributed by atoms with Crippen LogP contribution in [0.15, 0.2) is 47.4 Å². The largest absolute Gasteiger partial charge is 0.493 e. The Hall–Kier alpha value is -3.20. The summed E-state index contributed by atoms with van der Waals surface area (Å²) in [5.74, 6) is 2.43. The van der Waals surface area contributed by atoms with Crippen molar-refractivity contribution in [2.45, 2.75) is 49.0 Å². The molecule has 38 heavy (non-hydrogen) atoms. The zero-order chi connectivity index (χ0) is 26.7. The normalized spacial score (nSPS) is 24.9. The lowest BCUT2D eigenvalue weighted by atomic mass is 9.53. The van der Waals surface area contributed by atoms with Gasteiger partial charge in [-0.2, -0.15) is 0 Å². The number of esters is 1. The van der Waals surface area contributed by atoms with Gasteiger partial charge in [0.15, 0.2) is 18.1 Å². The van der Waals surface area contributed by atoms with Gasteiger partial charge in [-0.3, -0.25) is 9.59 Å². The predicted octanol–water partition coefficient (Wildman–Crippen LogP) is 4.68. The number of hydrogen-bond donors (Lipinski definition) is 2. The van der Waals surface area contributed by atoms with Gasteiger partial charge in [-0.25, -0.2) is 4.79 Å². The molecule has 0 unspecified atom stereocenters. The minimum Gasteiger partial charge on any atom is -0.493 e. The van der Waals surface area contributed by atoms with Crippen LogP contribution in [0.4, 0.5) is 5.69 Å². The molecule has 4 saturated carbocycles. The topological polar surface area (TPSA) is 103 Å². The molecule has 2 amide bonds. The molecule has 2 aromatic carbocycles. The van der Waals surface area contributed by atoms with Crippen LogP contribution in [0.2, 0.25) is 0 Å². The van der Waals surface area contributed by atoms with Gasteiger partial charge in [-0.15, -0.1) is 11.8 Å². The predicted molar refractivity (Wildman–Crippen MR) is 145 cm³/mol. The van der Waals surface area contributed by atoms with E-state index in [1.165, 1.54) is 45.2 Å². The van der Waals surface area contributed by atoms with E-state index in [0.29, 0.717) is 27.6 Å². The summed E-state index contributed by atoms with van der Waals surface area (Å²) in [4.78, 5) is 38.8. The van der Waals surface area contributed by atoms with E-state index in [9.17, 15) is 14.4 Å². The van der Waals surface area contributed by atoms with Crippen molar-refractivity contribution < 1.29 is 28.6 Å². The highest BCUT2D eigenvalue weighted by atomic mass is 32.2. The van der Waals surface area contributed by atoms with Crippen LogP contribution in [-0.2, 0) is 14.3 Å². The summed E-state index contributed by atoms with van der Waals surface area (Å²) < 4.78 is 15.7. The van der Waals surface area contributed by atoms with Gasteiger partial charge >= 0.3 is 5.97 Å². The average molecular weight is 539 g/mol. The Balaban J connectivity index is 1.13. The van der Waals surface area contributed by atoms with Gasteiger partial charge in [0.2, 0.25) is 5.91 Å². The molecule has 4 bridgehead atoms. The summed E-state index contributed by atoms with van der Waals surface area (Å²) in [6.07, 6.45) is 7.28. The fourth-order valence-electron chi connectivity index (χ4n) is 6.82. The van der Waals surface area contributed by atoms with Gasteiger partial charge in [0.1, 0.15) is 0 Å². The summed E-state index contributed by atoms with van der Waals surface area (Å²) in [5, 5.41) is 6.06. The van der Waals surface area contributed by atoms with Gasteiger partial charge in [-0.1, -0.05) is 12.1 Å². The lowest BCUT2D eigenvalue weighted by molar-refractivity contribution is -0.124. The monoisotopic (exact) mass is 538 g/mol. The summed E-state index contributed by atoms with van der Waals surface area (Å²) in [7, 11) is 3.04. The molecule has 0 radical (unpaired) electrons. The smallest absolute Gasteiger partial charge is 0.339 e. The second kappa shape index (κ2) is 11.3. The Bertz CT molecular complexity index is 1180. The number of anilines is 1. The molecular formula is C29H34N2O6S. The number of benzene rings is 2. The molecule has 0 atom stereocenters. The Morgan fingerprint density at radius 3 is 2.21 bits per heavy atom. The van der Waals surface area contributed by atoms with Crippen LogP contribution in [0.1, 0.15) is 48.9 Å². The third kappa shape index (κ3) is 5.93. The molecule has 0 aliphatic heterocycles. The molecule has 0 heterocycles. The fraction of sp³-hybridized carbons (Fsp3) is 0.483. The number of carbonyl (C=O) groups excluding carboxylic acids is 3. The van der Waals surface area contributed by atoms with Crippen LogP contribution in [-0.4, -0.2) is 49.9 Å². The summed E-state index contributed by atoms with van der Waals surface area (Å²) in [6.45, 7) is -0.446. The van der Waals surface area contributed by atoms with Crippen molar-refractivity contribution in [3.05, 3.63) is 48.0 Å². The van der Waals surface area contributed by atoms with Crippen molar-refractivity contribution >= 4 is 35.2 Å². The second-order valence-corrected chi connectivity index (χ2v) is 11.7. The first-order valence-electron chi connectivity index (χ1n) is 13.1. The standard InChI is InChI=1S/C29H34N2O6S/c1-35-23-8-7-21(12-24(23)36-2)30-26(32)16-37-28(34)22-5-3-4-6-25(22)38-17-27(33)31-29-13-18-9-19(14-29)11-20(10-18)15-29/h3-8,12,18-20H,9-11,13-17H2,1-2H3,(H,30,32)(H,31,33). The van der Waals surface area contributed by atoms with Crippen LogP contribution < -0.4 is 20.1 Å². The zero-order valence-corrected chi connectivity index (χ0v) is 22.6. The molecule has 4 aliphatic carbocycles. The van der Waals surface area contributed by atoms with Gasteiger partial charge < -0.3 is 24.8 Å². The quantitative estimate of drug-likeness (QED) is 0.335. The van der Waals surface area contributed by atoms with E-state index in [-0.39, 0.29) is 17.2 Å². The minimum absolute atomic E-state index is 0.00872. The number of carbonyl (C=O) groups is 3. The number of amides is 2. The maximum absolute atomic E-state index is 12.9. The molecule has 4 aliphatic rings. The van der Waals surface area contributed by atoms with E-state index in [0.717, 1.165) is 37.0 Å². The van der Waals surface area contributed by atoms with Gasteiger partial charge in [0.25, 0.3) is 5.91 Å². The molecule has 9 heteroatoms. The molecule has 2 aromatic rings. The maximum Gasteiger partial charge on any atom is 0.339 e.